The molecule has 0 aromatic heterocycles. The number of para-hydroxylation sites is 1. The van der Waals surface area contributed by atoms with E-state index in [-0.39, 0.29) is 11.5 Å². The number of benzene rings is 2. The van der Waals surface area contributed by atoms with Crippen LogP contribution in [0.4, 0.5) is 10.1 Å². The molecule has 0 aliphatic rings. The second-order valence-corrected chi connectivity index (χ2v) is 3.98. The summed E-state index contributed by atoms with van der Waals surface area (Å²) in [6.45, 7) is 1.80. The highest BCUT2D eigenvalue weighted by molar-refractivity contribution is 5.83. The van der Waals surface area contributed by atoms with Crippen molar-refractivity contribution >= 4 is 11.3 Å². The summed E-state index contributed by atoms with van der Waals surface area (Å²) in [5.41, 5.74) is 2.03. The van der Waals surface area contributed by atoms with Crippen LogP contribution in [0.5, 0.6) is 0 Å². The van der Waals surface area contributed by atoms with Gasteiger partial charge in [0.25, 0.3) is 5.69 Å². The van der Waals surface area contributed by atoms with Crippen LogP contribution in [0.3, 0.4) is 0 Å². The molecule has 0 saturated heterocycles. The number of hydrogen-bond donors (Lipinski definition) is 0. The molecule has 0 aliphatic heterocycles. The fraction of sp³-hybridized carbons (Fsp3) is 0.0667. The van der Waals surface area contributed by atoms with Crippen molar-refractivity contribution in [3.05, 3.63) is 81.7 Å². The lowest BCUT2D eigenvalue weighted by atomic mass is 9.96. The quantitative estimate of drug-likeness (QED) is 0.611. The number of hydrogen-bond acceptors (Lipinski definition) is 2. The van der Waals surface area contributed by atoms with Gasteiger partial charge in [-0.25, -0.2) is 4.39 Å². The molecule has 2 rings (SSSR count). The molecule has 0 unspecified atom stereocenters. The Labute approximate surface area is 110 Å². The lowest BCUT2D eigenvalue weighted by Gasteiger charge is -2.08. The van der Waals surface area contributed by atoms with E-state index in [0.29, 0.717) is 11.1 Å². The van der Waals surface area contributed by atoms with Gasteiger partial charge in [0, 0.05) is 6.07 Å². The number of nitro benzene ring substituents is 1. The smallest absolute Gasteiger partial charge is 0.258 e. The van der Waals surface area contributed by atoms with Gasteiger partial charge in [0.15, 0.2) is 0 Å². The molecule has 0 amide bonds. The Hall–Kier alpha value is -2.49. The molecule has 2 aromatic carbocycles. The molecule has 2 aromatic rings. The molecule has 0 bridgehead atoms. The van der Waals surface area contributed by atoms with Crippen molar-refractivity contribution in [2.75, 3.05) is 0 Å². The van der Waals surface area contributed by atoms with Crippen LogP contribution in [-0.2, 0) is 0 Å². The standard InChI is InChI=1S/C15H12FNO2/c1-2-13(11-7-9-12(16)10-8-11)14-5-3-4-6-15(14)17(18)19/h2-10H,1H3/b13-2+. The lowest BCUT2D eigenvalue weighted by molar-refractivity contribution is -0.385. The van der Waals surface area contributed by atoms with Crippen LogP contribution in [0.15, 0.2) is 54.6 Å². The van der Waals surface area contributed by atoms with Gasteiger partial charge in [-0.1, -0.05) is 30.3 Å². The number of nitrogens with zero attached hydrogens (tertiary/aromatic N) is 1. The van der Waals surface area contributed by atoms with E-state index in [1.54, 1.807) is 43.3 Å². The maximum absolute atomic E-state index is 12.9. The van der Waals surface area contributed by atoms with Crippen LogP contribution in [-0.4, -0.2) is 4.92 Å². The SMILES string of the molecule is C/C=C(\c1ccc(F)cc1)c1ccccc1[N+](=O)[O-]. The minimum absolute atomic E-state index is 0.0416. The van der Waals surface area contributed by atoms with Gasteiger partial charge in [0.1, 0.15) is 5.82 Å². The summed E-state index contributed by atoms with van der Waals surface area (Å²) in [6.07, 6.45) is 1.79. The van der Waals surface area contributed by atoms with E-state index in [0.717, 1.165) is 5.56 Å². The summed E-state index contributed by atoms with van der Waals surface area (Å²) in [6, 6.07) is 12.4. The lowest BCUT2D eigenvalue weighted by Crippen LogP contribution is -1.96. The Kier molecular flexibility index (Phi) is 3.71. The number of halogens is 1. The van der Waals surface area contributed by atoms with Crippen LogP contribution >= 0.6 is 0 Å². The third kappa shape index (κ3) is 2.68. The van der Waals surface area contributed by atoms with Crippen molar-refractivity contribution in [3.8, 4) is 0 Å². The van der Waals surface area contributed by atoms with Gasteiger partial charge in [0.2, 0.25) is 0 Å². The maximum atomic E-state index is 12.9. The predicted octanol–water partition coefficient (Wildman–Crippen LogP) is 4.19. The fourth-order valence-corrected chi connectivity index (χ4v) is 1.97. The Balaban J connectivity index is 2.55. The van der Waals surface area contributed by atoms with E-state index in [9.17, 15) is 14.5 Å². The average molecular weight is 257 g/mol. The molecule has 0 atom stereocenters. The van der Waals surface area contributed by atoms with E-state index in [1.165, 1.54) is 18.2 Å². The predicted molar refractivity (Wildman–Crippen MR) is 72.2 cm³/mol. The molecule has 0 radical (unpaired) electrons. The highest BCUT2D eigenvalue weighted by Crippen LogP contribution is 2.30. The molecular formula is C15H12FNO2. The van der Waals surface area contributed by atoms with Crippen molar-refractivity contribution in [1.29, 1.82) is 0 Å². The molecule has 3 nitrogen and oxygen atoms in total. The monoisotopic (exact) mass is 257 g/mol. The number of rotatable bonds is 3. The first-order chi connectivity index (χ1) is 9.13. The Morgan fingerprint density at radius 3 is 2.37 bits per heavy atom. The van der Waals surface area contributed by atoms with E-state index in [2.05, 4.69) is 0 Å². The van der Waals surface area contributed by atoms with Crippen molar-refractivity contribution in [2.45, 2.75) is 6.92 Å². The Bertz CT molecular complexity index is 633. The third-order valence-corrected chi connectivity index (χ3v) is 2.83. The van der Waals surface area contributed by atoms with E-state index in [1.807, 2.05) is 0 Å². The average Bonchev–Trinajstić information content (AvgIpc) is 2.42. The second kappa shape index (κ2) is 5.44. The van der Waals surface area contributed by atoms with Gasteiger partial charge in [-0.2, -0.15) is 0 Å². The van der Waals surface area contributed by atoms with Gasteiger partial charge in [-0.3, -0.25) is 10.1 Å². The van der Waals surface area contributed by atoms with Crippen molar-refractivity contribution in [1.82, 2.24) is 0 Å². The second-order valence-electron chi connectivity index (χ2n) is 3.98. The Morgan fingerprint density at radius 2 is 1.79 bits per heavy atom. The minimum Gasteiger partial charge on any atom is -0.258 e. The van der Waals surface area contributed by atoms with Gasteiger partial charge >= 0.3 is 0 Å². The molecule has 0 spiro atoms. The topological polar surface area (TPSA) is 43.1 Å². The molecular weight excluding hydrogens is 245 g/mol. The molecule has 0 N–H and O–H groups in total. The zero-order chi connectivity index (χ0) is 13.8. The van der Waals surface area contributed by atoms with Crippen molar-refractivity contribution in [2.24, 2.45) is 0 Å². The molecule has 4 heteroatoms. The summed E-state index contributed by atoms with van der Waals surface area (Å²) in [7, 11) is 0. The normalized spacial score (nSPS) is 11.4. The van der Waals surface area contributed by atoms with Crippen LogP contribution in [0.2, 0.25) is 0 Å². The Morgan fingerprint density at radius 1 is 1.16 bits per heavy atom. The fourth-order valence-electron chi connectivity index (χ4n) is 1.97. The van der Waals surface area contributed by atoms with Gasteiger partial charge in [-0.15, -0.1) is 0 Å². The molecule has 96 valence electrons. The van der Waals surface area contributed by atoms with E-state index < -0.39 is 4.92 Å². The third-order valence-electron chi connectivity index (χ3n) is 2.83. The van der Waals surface area contributed by atoms with Gasteiger partial charge in [-0.05, 0) is 36.3 Å². The molecule has 0 aliphatic carbocycles. The van der Waals surface area contributed by atoms with Crippen LogP contribution < -0.4 is 0 Å². The summed E-state index contributed by atoms with van der Waals surface area (Å²) in [5, 5.41) is 11.0. The first-order valence-electron chi connectivity index (χ1n) is 5.79. The first-order valence-corrected chi connectivity index (χ1v) is 5.79. The highest BCUT2D eigenvalue weighted by Gasteiger charge is 2.16. The zero-order valence-corrected chi connectivity index (χ0v) is 10.3. The summed E-state index contributed by atoms with van der Waals surface area (Å²) < 4.78 is 12.9. The first kappa shape index (κ1) is 13.0. The largest absolute Gasteiger partial charge is 0.277 e. The van der Waals surface area contributed by atoms with Crippen LogP contribution in [0.1, 0.15) is 18.1 Å². The zero-order valence-electron chi connectivity index (χ0n) is 10.3. The van der Waals surface area contributed by atoms with Gasteiger partial charge < -0.3 is 0 Å². The number of allylic oxidation sites excluding steroid dienone is 1. The maximum Gasteiger partial charge on any atom is 0.277 e. The van der Waals surface area contributed by atoms with Crippen LogP contribution in [0, 0.1) is 15.9 Å². The minimum atomic E-state index is -0.414. The van der Waals surface area contributed by atoms with Crippen LogP contribution in [0.25, 0.3) is 5.57 Å². The van der Waals surface area contributed by atoms with Crippen molar-refractivity contribution in [3.63, 3.8) is 0 Å². The molecule has 0 saturated carbocycles. The van der Waals surface area contributed by atoms with E-state index in [4.69, 9.17) is 0 Å². The van der Waals surface area contributed by atoms with Gasteiger partial charge in [0.05, 0.1) is 10.5 Å². The summed E-state index contributed by atoms with van der Waals surface area (Å²) in [4.78, 5) is 10.6. The number of nitro groups is 1. The highest BCUT2D eigenvalue weighted by atomic mass is 19.1. The van der Waals surface area contributed by atoms with E-state index >= 15 is 0 Å². The summed E-state index contributed by atoms with van der Waals surface area (Å²) in [5.74, 6) is -0.332. The molecule has 19 heavy (non-hydrogen) atoms. The summed E-state index contributed by atoms with van der Waals surface area (Å²) >= 11 is 0. The molecule has 0 heterocycles. The van der Waals surface area contributed by atoms with Crippen molar-refractivity contribution < 1.29 is 9.31 Å². The molecule has 0 fully saturated rings.